The molecule has 2 heterocycles. The molecule has 0 spiro atoms. The molecule has 0 amide bonds. The molecular formula is C12H11Br2F2N3. The van der Waals surface area contributed by atoms with Crippen molar-refractivity contribution in [2.75, 3.05) is 23.3 Å². The Morgan fingerprint density at radius 3 is 2.79 bits per heavy atom. The Balaban J connectivity index is 2.46. The van der Waals surface area contributed by atoms with E-state index in [1.54, 1.807) is 23.4 Å². The van der Waals surface area contributed by atoms with E-state index < -0.39 is 6.43 Å². The topological polar surface area (TPSA) is 29.0 Å². The summed E-state index contributed by atoms with van der Waals surface area (Å²) < 4.78 is 26.1. The highest BCUT2D eigenvalue weighted by Crippen LogP contribution is 2.26. The van der Waals surface area contributed by atoms with Crippen LogP contribution in [0.4, 0.5) is 14.5 Å². The molecule has 0 aliphatic heterocycles. The van der Waals surface area contributed by atoms with Crippen LogP contribution in [-0.4, -0.2) is 34.8 Å². The van der Waals surface area contributed by atoms with Crippen LogP contribution in [0, 0.1) is 0 Å². The first-order valence-corrected chi connectivity index (χ1v) is 7.52. The average molecular weight is 395 g/mol. The van der Waals surface area contributed by atoms with Gasteiger partial charge in [-0.25, -0.2) is 8.78 Å². The molecule has 0 aliphatic carbocycles. The molecule has 0 radical (unpaired) electrons. The number of pyridine rings is 2. The van der Waals surface area contributed by atoms with Gasteiger partial charge in [0.2, 0.25) is 0 Å². The predicted octanol–water partition coefficient (Wildman–Crippen LogP) is 3.86. The summed E-state index contributed by atoms with van der Waals surface area (Å²) in [5.41, 5.74) is 1.99. The van der Waals surface area contributed by atoms with Crippen molar-refractivity contribution in [2.24, 2.45) is 0 Å². The maximum Gasteiger partial charge on any atom is 0.255 e. The van der Waals surface area contributed by atoms with Gasteiger partial charge in [0.05, 0.1) is 17.7 Å². The van der Waals surface area contributed by atoms with Crippen LogP contribution >= 0.6 is 31.9 Å². The smallest absolute Gasteiger partial charge is 0.255 e. The first-order valence-electron chi connectivity index (χ1n) is 5.61. The summed E-state index contributed by atoms with van der Waals surface area (Å²) in [5.74, 6) is 0. The van der Waals surface area contributed by atoms with Crippen LogP contribution in [0.25, 0.3) is 11.0 Å². The van der Waals surface area contributed by atoms with Gasteiger partial charge in [-0.2, -0.15) is 0 Å². The fourth-order valence-corrected chi connectivity index (χ4v) is 2.57. The highest BCUT2D eigenvalue weighted by Gasteiger charge is 2.15. The van der Waals surface area contributed by atoms with Crippen LogP contribution < -0.4 is 4.90 Å². The van der Waals surface area contributed by atoms with Crippen molar-refractivity contribution < 1.29 is 8.78 Å². The first kappa shape index (κ1) is 14.6. The number of nitrogens with zero attached hydrogens (tertiary/aromatic N) is 3. The van der Waals surface area contributed by atoms with Gasteiger partial charge in [0.25, 0.3) is 6.43 Å². The van der Waals surface area contributed by atoms with Crippen LogP contribution in [0.1, 0.15) is 0 Å². The number of fused-ring (bicyclic) bond motifs is 1. The molecule has 0 saturated heterocycles. The number of halogens is 4. The van der Waals surface area contributed by atoms with Crippen molar-refractivity contribution in [3.8, 4) is 0 Å². The molecule has 102 valence electrons. The SMILES string of the molecule is FC(F)CN(CCBr)c1ccnc2cc(Br)cnc12. The zero-order valence-corrected chi connectivity index (χ0v) is 13.0. The van der Waals surface area contributed by atoms with E-state index in [1.165, 1.54) is 0 Å². The summed E-state index contributed by atoms with van der Waals surface area (Å²) in [4.78, 5) is 10.1. The zero-order valence-electron chi connectivity index (χ0n) is 9.86. The molecule has 0 aliphatic rings. The van der Waals surface area contributed by atoms with Gasteiger partial charge < -0.3 is 4.90 Å². The van der Waals surface area contributed by atoms with E-state index in [4.69, 9.17) is 0 Å². The fraction of sp³-hybridized carbons (Fsp3) is 0.333. The van der Waals surface area contributed by atoms with Crippen molar-refractivity contribution in [1.82, 2.24) is 9.97 Å². The van der Waals surface area contributed by atoms with Gasteiger partial charge in [-0.15, -0.1) is 0 Å². The van der Waals surface area contributed by atoms with Gasteiger partial charge in [0, 0.05) is 28.7 Å². The molecule has 19 heavy (non-hydrogen) atoms. The summed E-state index contributed by atoms with van der Waals surface area (Å²) >= 11 is 6.60. The van der Waals surface area contributed by atoms with Crippen molar-refractivity contribution in [2.45, 2.75) is 6.43 Å². The van der Waals surface area contributed by atoms with Crippen LogP contribution in [0.2, 0.25) is 0 Å². The normalized spacial score (nSPS) is 11.2. The summed E-state index contributed by atoms with van der Waals surface area (Å²) in [6, 6.07) is 3.54. The Kier molecular flexibility index (Phi) is 5.04. The van der Waals surface area contributed by atoms with Crippen molar-refractivity contribution in [3.63, 3.8) is 0 Å². The van der Waals surface area contributed by atoms with Crippen molar-refractivity contribution in [1.29, 1.82) is 0 Å². The van der Waals surface area contributed by atoms with Crippen LogP contribution in [-0.2, 0) is 0 Å². The van der Waals surface area contributed by atoms with Crippen molar-refractivity contribution in [3.05, 3.63) is 29.0 Å². The van der Waals surface area contributed by atoms with Crippen LogP contribution in [0.15, 0.2) is 29.0 Å². The summed E-state index contributed by atoms with van der Waals surface area (Å²) in [7, 11) is 0. The van der Waals surface area contributed by atoms with Gasteiger partial charge in [0.15, 0.2) is 0 Å². The third-order valence-electron chi connectivity index (χ3n) is 2.58. The number of rotatable bonds is 5. The Morgan fingerprint density at radius 1 is 1.32 bits per heavy atom. The molecule has 2 rings (SSSR count). The van der Waals surface area contributed by atoms with E-state index in [9.17, 15) is 8.78 Å². The van der Waals surface area contributed by atoms with Gasteiger partial charge in [0.1, 0.15) is 5.52 Å². The molecule has 0 N–H and O–H groups in total. The molecule has 2 aromatic heterocycles. The third-order valence-corrected chi connectivity index (χ3v) is 3.36. The van der Waals surface area contributed by atoms with Gasteiger partial charge in [-0.05, 0) is 28.1 Å². The quantitative estimate of drug-likeness (QED) is 0.721. The lowest BCUT2D eigenvalue weighted by atomic mass is 10.2. The van der Waals surface area contributed by atoms with E-state index in [-0.39, 0.29) is 6.54 Å². The maximum atomic E-state index is 12.7. The molecule has 3 nitrogen and oxygen atoms in total. The van der Waals surface area contributed by atoms with E-state index in [0.717, 1.165) is 4.47 Å². The maximum absolute atomic E-state index is 12.7. The van der Waals surface area contributed by atoms with Crippen LogP contribution in [0.5, 0.6) is 0 Å². The van der Waals surface area contributed by atoms with E-state index in [0.29, 0.717) is 28.6 Å². The molecule has 0 saturated carbocycles. The second-order valence-corrected chi connectivity index (χ2v) is 5.59. The lowest BCUT2D eigenvalue weighted by Crippen LogP contribution is -2.30. The Labute approximate surface area is 126 Å². The summed E-state index contributed by atoms with van der Waals surface area (Å²) in [6.07, 6.45) is 0.860. The first-order chi connectivity index (χ1) is 9.11. The summed E-state index contributed by atoms with van der Waals surface area (Å²) in [6.45, 7) is 0.170. The lowest BCUT2D eigenvalue weighted by molar-refractivity contribution is 0.155. The Hall–Kier alpha value is -0.820. The molecule has 7 heteroatoms. The fourth-order valence-electron chi connectivity index (χ4n) is 1.83. The van der Waals surface area contributed by atoms with Crippen molar-refractivity contribution >= 4 is 48.6 Å². The Bertz CT molecular complexity index is 566. The molecule has 0 bridgehead atoms. The molecule has 2 aromatic rings. The van der Waals surface area contributed by atoms with E-state index >= 15 is 0 Å². The molecular weight excluding hydrogens is 384 g/mol. The standard InChI is InChI=1S/C12H11Br2F2N3/c13-2-4-19(7-11(15)16)10-1-3-17-9-5-8(14)6-18-12(9)10/h1,3,5-6,11H,2,4,7H2. The highest BCUT2D eigenvalue weighted by molar-refractivity contribution is 9.10. The largest absolute Gasteiger partial charge is 0.363 e. The number of hydrogen-bond acceptors (Lipinski definition) is 3. The second-order valence-electron chi connectivity index (χ2n) is 3.88. The van der Waals surface area contributed by atoms with Crippen LogP contribution in [0.3, 0.4) is 0 Å². The zero-order chi connectivity index (χ0) is 13.8. The van der Waals surface area contributed by atoms with Gasteiger partial charge >= 0.3 is 0 Å². The molecule has 0 atom stereocenters. The highest BCUT2D eigenvalue weighted by atomic mass is 79.9. The minimum absolute atomic E-state index is 0.317. The lowest BCUT2D eigenvalue weighted by Gasteiger charge is -2.24. The Morgan fingerprint density at radius 2 is 2.11 bits per heavy atom. The molecule has 0 unspecified atom stereocenters. The molecule has 0 aromatic carbocycles. The van der Waals surface area contributed by atoms with Gasteiger partial charge in [-0.3, -0.25) is 9.97 Å². The van der Waals surface area contributed by atoms with E-state index in [2.05, 4.69) is 41.8 Å². The monoisotopic (exact) mass is 393 g/mol. The number of alkyl halides is 3. The number of hydrogen-bond donors (Lipinski definition) is 0. The second kappa shape index (κ2) is 6.56. The average Bonchev–Trinajstić information content (AvgIpc) is 2.36. The number of anilines is 1. The third kappa shape index (κ3) is 3.60. The minimum atomic E-state index is -2.39. The van der Waals surface area contributed by atoms with E-state index in [1.807, 2.05) is 6.07 Å². The number of aromatic nitrogens is 2. The molecule has 0 fully saturated rings. The minimum Gasteiger partial charge on any atom is -0.363 e. The predicted molar refractivity (Wildman–Crippen MR) is 79.2 cm³/mol. The van der Waals surface area contributed by atoms with Gasteiger partial charge in [-0.1, -0.05) is 15.9 Å². The summed E-state index contributed by atoms with van der Waals surface area (Å²) in [5, 5.41) is 0.611.